The van der Waals surface area contributed by atoms with E-state index in [1.54, 1.807) is 6.92 Å². The number of thiazole rings is 1. The Bertz CT molecular complexity index is 903. The Kier molecular flexibility index (Phi) is 3.85. The van der Waals surface area contributed by atoms with Gasteiger partial charge in [0.25, 0.3) is 0 Å². The zero-order chi connectivity index (χ0) is 16.8. The fraction of sp³-hybridized carbons (Fsp3) is 0.231. The monoisotopic (exact) mass is 364 g/mol. The maximum Gasteiger partial charge on any atom is 0.573 e. The van der Waals surface area contributed by atoms with Gasteiger partial charge in [0.2, 0.25) is 0 Å². The molecule has 0 N–H and O–H groups in total. The summed E-state index contributed by atoms with van der Waals surface area (Å²) in [6.07, 6.45) is -3.45. The molecule has 0 bridgehead atoms. The standard InChI is InChI=1S/C13H8ClF3N2O3S/c1-2-21-11(20)7-5-19-8-4-9(22-13(15,16)17)6(14)3-10(8)23-12(19)18-7/h3-5H,2H2,1H3. The third kappa shape index (κ3) is 3.06. The van der Waals surface area contributed by atoms with Gasteiger partial charge in [-0.2, -0.15) is 0 Å². The Hall–Kier alpha value is -2.00. The summed E-state index contributed by atoms with van der Waals surface area (Å²) in [6, 6.07) is 2.52. The van der Waals surface area contributed by atoms with Crippen LogP contribution in [-0.2, 0) is 4.74 Å². The van der Waals surface area contributed by atoms with Crippen molar-refractivity contribution in [1.29, 1.82) is 0 Å². The SMILES string of the molecule is CCOC(=O)c1cn2c(n1)sc1cc(Cl)c(OC(F)(F)F)cc12. The average Bonchev–Trinajstić information content (AvgIpc) is 2.96. The summed E-state index contributed by atoms with van der Waals surface area (Å²) in [5.74, 6) is -1.12. The van der Waals surface area contributed by atoms with Crippen LogP contribution in [0.2, 0.25) is 5.02 Å². The lowest BCUT2D eigenvalue weighted by molar-refractivity contribution is -0.274. The summed E-state index contributed by atoms with van der Waals surface area (Å²) in [4.78, 5) is 16.2. The molecule has 0 aliphatic carbocycles. The highest BCUT2D eigenvalue weighted by Crippen LogP contribution is 2.37. The highest BCUT2D eigenvalue weighted by atomic mass is 35.5. The molecular weight excluding hydrogens is 357 g/mol. The molecule has 23 heavy (non-hydrogen) atoms. The quantitative estimate of drug-likeness (QED) is 0.651. The molecule has 0 aliphatic heterocycles. The summed E-state index contributed by atoms with van der Waals surface area (Å²) in [7, 11) is 0. The van der Waals surface area contributed by atoms with Crippen LogP contribution < -0.4 is 4.74 Å². The van der Waals surface area contributed by atoms with Crippen LogP contribution in [0.3, 0.4) is 0 Å². The van der Waals surface area contributed by atoms with Gasteiger partial charge in [-0.3, -0.25) is 4.40 Å². The molecule has 0 saturated heterocycles. The molecule has 122 valence electrons. The van der Waals surface area contributed by atoms with Crippen LogP contribution in [0, 0.1) is 0 Å². The molecule has 0 unspecified atom stereocenters. The van der Waals surface area contributed by atoms with E-state index in [4.69, 9.17) is 16.3 Å². The predicted molar refractivity (Wildman–Crippen MR) is 78.2 cm³/mol. The second kappa shape index (κ2) is 5.57. The van der Waals surface area contributed by atoms with Crippen molar-refractivity contribution in [3.05, 3.63) is 29.0 Å². The zero-order valence-electron chi connectivity index (χ0n) is 11.5. The van der Waals surface area contributed by atoms with E-state index in [0.29, 0.717) is 15.2 Å². The van der Waals surface area contributed by atoms with Gasteiger partial charge >= 0.3 is 12.3 Å². The van der Waals surface area contributed by atoms with Gasteiger partial charge in [0.05, 0.1) is 21.8 Å². The Labute approximate surface area is 136 Å². The average molecular weight is 365 g/mol. The number of halogens is 4. The van der Waals surface area contributed by atoms with Crippen LogP contribution in [0.25, 0.3) is 15.2 Å². The van der Waals surface area contributed by atoms with E-state index in [1.807, 2.05) is 0 Å². The molecule has 3 rings (SSSR count). The molecule has 0 fully saturated rings. The maximum atomic E-state index is 12.4. The van der Waals surface area contributed by atoms with Crippen molar-refractivity contribution in [2.24, 2.45) is 0 Å². The number of alkyl halides is 3. The number of esters is 1. The van der Waals surface area contributed by atoms with Crippen molar-refractivity contribution in [3.8, 4) is 5.75 Å². The molecule has 1 aromatic carbocycles. The van der Waals surface area contributed by atoms with Crippen molar-refractivity contribution in [3.63, 3.8) is 0 Å². The molecule has 2 heterocycles. The van der Waals surface area contributed by atoms with Crippen LogP contribution in [0.5, 0.6) is 5.75 Å². The van der Waals surface area contributed by atoms with E-state index in [0.717, 1.165) is 6.07 Å². The summed E-state index contributed by atoms with van der Waals surface area (Å²) in [5, 5.41) is -0.162. The van der Waals surface area contributed by atoms with Crippen molar-refractivity contribution >= 4 is 44.1 Å². The number of carbonyl (C=O) groups excluding carboxylic acids is 1. The van der Waals surface area contributed by atoms with Crippen molar-refractivity contribution in [1.82, 2.24) is 9.38 Å². The first-order chi connectivity index (χ1) is 10.8. The van der Waals surface area contributed by atoms with E-state index in [2.05, 4.69) is 9.72 Å². The topological polar surface area (TPSA) is 52.8 Å². The highest BCUT2D eigenvalue weighted by Gasteiger charge is 2.32. The number of hydrogen-bond acceptors (Lipinski definition) is 5. The zero-order valence-corrected chi connectivity index (χ0v) is 13.1. The molecule has 5 nitrogen and oxygen atoms in total. The van der Waals surface area contributed by atoms with E-state index in [-0.39, 0.29) is 17.3 Å². The Morgan fingerprint density at radius 2 is 2.17 bits per heavy atom. The molecule has 2 aromatic heterocycles. The van der Waals surface area contributed by atoms with E-state index in [1.165, 1.54) is 28.0 Å². The lowest BCUT2D eigenvalue weighted by Crippen LogP contribution is -2.17. The van der Waals surface area contributed by atoms with Gasteiger partial charge in [-0.15, -0.1) is 13.2 Å². The smallest absolute Gasteiger partial charge is 0.461 e. The molecule has 0 amide bonds. The normalized spacial score (nSPS) is 12.0. The summed E-state index contributed by atoms with van der Waals surface area (Å²) < 4.78 is 48.0. The molecule has 10 heteroatoms. The number of nitrogens with zero attached hydrogens (tertiary/aromatic N) is 2. The third-order valence-electron chi connectivity index (χ3n) is 2.86. The van der Waals surface area contributed by atoms with E-state index < -0.39 is 18.1 Å². The van der Waals surface area contributed by atoms with Gasteiger partial charge in [-0.1, -0.05) is 22.9 Å². The molecule has 0 radical (unpaired) electrons. The second-order valence-corrected chi connectivity index (χ2v) is 5.82. The van der Waals surface area contributed by atoms with Crippen LogP contribution in [0.15, 0.2) is 18.3 Å². The first-order valence-electron chi connectivity index (χ1n) is 6.32. The van der Waals surface area contributed by atoms with Crippen LogP contribution in [0.1, 0.15) is 17.4 Å². The Balaban J connectivity index is 2.11. The number of rotatable bonds is 3. The van der Waals surface area contributed by atoms with Crippen LogP contribution in [0.4, 0.5) is 13.2 Å². The minimum Gasteiger partial charge on any atom is -0.461 e. The summed E-state index contributed by atoms with van der Waals surface area (Å²) in [5.41, 5.74) is 0.477. The summed E-state index contributed by atoms with van der Waals surface area (Å²) in [6.45, 7) is 1.86. The van der Waals surface area contributed by atoms with Gasteiger partial charge in [-0.25, -0.2) is 9.78 Å². The lowest BCUT2D eigenvalue weighted by Gasteiger charge is -2.10. The number of ether oxygens (including phenoxy) is 2. The highest BCUT2D eigenvalue weighted by molar-refractivity contribution is 7.23. The minimum atomic E-state index is -4.85. The molecular formula is C13H8ClF3N2O3S. The Morgan fingerprint density at radius 1 is 1.43 bits per heavy atom. The Morgan fingerprint density at radius 3 is 2.83 bits per heavy atom. The molecule has 0 atom stereocenters. The van der Waals surface area contributed by atoms with Crippen molar-refractivity contribution in [2.75, 3.05) is 6.61 Å². The van der Waals surface area contributed by atoms with Gasteiger partial charge < -0.3 is 9.47 Å². The fourth-order valence-electron chi connectivity index (χ4n) is 2.01. The number of hydrogen-bond donors (Lipinski definition) is 0. The number of carbonyl (C=O) groups is 1. The molecule has 0 aliphatic rings. The number of imidazole rings is 1. The fourth-order valence-corrected chi connectivity index (χ4v) is 3.30. The first kappa shape index (κ1) is 15.9. The first-order valence-corrected chi connectivity index (χ1v) is 7.52. The van der Waals surface area contributed by atoms with E-state index >= 15 is 0 Å². The molecule has 0 spiro atoms. The summed E-state index contributed by atoms with van der Waals surface area (Å²) >= 11 is 6.99. The maximum absolute atomic E-state index is 12.4. The number of fused-ring (bicyclic) bond motifs is 3. The molecule has 0 saturated carbocycles. The van der Waals surface area contributed by atoms with Crippen LogP contribution >= 0.6 is 22.9 Å². The number of benzene rings is 1. The van der Waals surface area contributed by atoms with Gasteiger partial charge in [-0.05, 0) is 13.0 Å². The lowest BCUT2D eigenvalue weighted by atomic mass is 10.3. The van der Waals surface area contributed by atoms with Crippen molar-refractivity contribution < 1.29 is 27.4 Å². The predicted octanol–water partition coefficient (Wildman–Crippen LogP) is 4.28. The minimum absolute atomic E-state index is 0.0771. The van der Waals surface area contributed by atoms with Gasteiger partial charge in [0.1, 0.15) is 5.75 Å². The molecule has 3 aromatic rings. The van der Waals surface area contributed by atoms with Crippen molar-refractivity contribution in [2.45, 2.75) is 13.3 Å². The van der Waals surface area contributed by atoms with Crippen LogP contribution in [-0.4, -0.2) is 28.3 Å². The third-order valence-corrected chi connectivity index (χ3v) is 4.17. The number of aromatic nitrogens is 2. The largest absolute Gasteiger partial charge is 0.573 e. The van der Waals surface area contributed by atoms with E-state index in [9.17, 15) is 18.0 Å². The van der Waals surface area contributed by atoms with Gasteiger partial charge in [0, 0.05) is 12.3 Å². The van der Waals surface area contributed by atoms with Gasteiger partial charge in [0.15, 0.2) is 10.7 Å². The second-order valence-electron chi connectivity index (χ2n) is 4.40.